The maximum absolute atomic E-state index is 12.7. The molecule has 4 atom stereocenters. The van der Waals surface area contributed by atoms with Gasteiger partial charge >= 0.3 is 0 Å². The molecule has 2 amide bonds. The molecule has 0 radical (unpaired) electrons. The van der Waals surface area contributed by atoms with E-state index in [0.717, 1.165) is 45.1 Å². The van der Waals surface area contributed by atoms with Crippen LogP contribution in [0.3, 0.4) is 0 Å². The first kappa shape index (κ1) is 20.7. The van der Waals surface area contributed by atoms with Gasteiger partial charge in [0.15, 0.2) is 0 Å². The summed E-state index contributed by atoms with van der Waals surface area (Å²) >= 11 is 0. The third-order valence-corrected chi connectivity index (χ3v) is 5.07. The number of likely N-dealkylation sites (tertiary alicyclic amines) is 1. The summed E-state index contributed by atoms with van der Waals surface area (Å²) in [6.07, 6.45) is 8.34. The molecule has 0 bridgehead atoms. The second-order valence-electron chi connectivity index (χ2n) is 7.58. The fourth-order valence-electron chi connectivity index (χ4n) is 3.48. The first-order chi connectivity index (χ1) is 11.4. The Bertz CT molecular complexity index is 422. The van der Waals surface area contributed by atoms with Crippen molar-refractivity contribution in [3.8, 4) is 0 Å². The number of hydrogen-bond acceptors (Lipinski definition) is 2. The van der Waals surface area contributed by atoms with Crippen LogP contribution < -0.4 is 5.32 Å². The topological polar surface area (TPSA) is 49.4 Å². The first-order valence-electron chi connectivity index (χ1n) is 9.59. The summed E-state index contributed by atoms with van der Waals surface area (Å²) in [5, 5.41) is 3.02. The number of hydrogen-bond donors (Lipinski definition) is 1. The van der Waals surface area contributed by atoms with E-state index in [1.54, 1.807) is 0 Å². The van der Waals surface area contributed by atoms with Crippen LogP contribution in [0.4, 0.5) is 0 Å². The molecule has 4 heteroatoms. The van der Waals surface area contributed by atoms with Crippen molar-refractivity contribution in [3.05, 3.63) is 12.7 Å². The Labute approximate surface area is 148 Å². The summed E-state index contributed by atoms with van der Waals surface area (Å²) in [6.45, 7) is 12.9. The van der Waals surface area contributed by atoms with Crippen molar-refractivity contribution in [1.29, 1.82) is 0 Å². The minimum atomic E-state index is -0.267. The molecule has 0 aromatic rings. The van der Waals surface area contributed by atoms with Gasteiger partial charge in [0, 0.05) is 19.0 Å². The minimum Gasteiger partial charge on any atom is -0.352 e. The second kappa shape index (κ2) is 10.5. The fourth-order valence-corrected chi connectivity index (χ4v) is 3.48. The molecule has 24 heavy (non-hydrogen) atoms. The average Bonchev–Trinajstić information content (AvgIpc) is 3.02. The van der Waals surface area contributed by atoms with Crippen LogP contribution in [0.1, 0.15) is 72.6 Å². The smallest absolute Gasteiger partial charge is 0.243 e. The maximum atomic E-state index is 12.7. The molecule has 0 aliphatic carbocycles. The molecule has 1 heterocycles. The minimum absolute atomic E-state index is 0.0159. The standard InChI is InChI=1S/C20H36N2O2/c1-6-8-10-15(3)13-16(4)14-19(23)22-12-9-11-18(22)20(24)21-17(5)7-2/h6,15-18H,1,7-14H2,2-5H3,(H,21,24). The van der Waals surface area contributed by atoms with Gasteiger partial charge in [0.05, 0.1) is 0 Å². The maximum Gasteiger partial charge on any atom is 0.243 e. The highest BCUT2D eigenvalue weighted by Crippen LogP contribution is 2.24. The summed E-state index contributed by atoms with van der Waals surface area (Å²) in [7, 11) is 0. The highest BCUT2D eigenvalue weighted by molar-refractivity contribution is 5.88. The third kappa shape index (κ3) is 6.66. The van der Waals surface area contributed by atoms with Gasteiger partial charge < -0.3 is 10.2 Å². The van der Waals surface area contributed by atoms with Gasteiger partial charge in [-0.3, -0.25) is 9.59 Å². The molecule has 0 saturated carbocycles. The van der Waals surface area contributed by atoms with Crippen LogP contribution in [0.2, 0.25) is 0 Å². The van der Waals surface area contributed by atoms with Crippen molar-refractivity contribution in [2.24, 2.45) is 11.8 Å². The number of carbonyl (C=O) groups is 2. The molecule has 1 rings (SSSR count). The van der Waals surface area contributed by atoms with Crippen LogP contribution in [0.25, 0.3) is 0 Å². The van der Waals surface area contributed by atoms with Gasteiger partial charge in [-0.1, -0.05) is 26.8 Å². The van der Waals surface area contributed by atoms with Crippen molar-refractivity contribution in [3.63, 3.8) is 0 Å². The van der Waals surface area contributed by atoms with E-state index in [-0.39, 0.29) is 23.9 Å². The lowest BCUT2D eigenvalue weighted by Crippen LogP contribution is -2.48. The summed E-state index contributed by atoms with van der Waals surface area (Å²) in [5.41, 5.74) is 0. The lowest BCUT2D eigenvalue weighted by Gasteiger charge is -2.27. The molecule has 1 saturated heterocycles. The molecular formula is C20H36N2O2. The summed E-state index contributed by atoms with van der Waals surface area (Å²) in [5.74, 6) is 1.12. The molecule has 0 spiro atoms. The van der Waals surface area contributed by atoms with E-state index in [4.69, 9.17) is 0 Å². The van der Waals surface area contributed by atoms with Crippen LogP contribution in [0, 0.1) is 11.8 Å². The lowest BCUT2D eigenvalue weighted by atomic mass is 9.91. The Morgan fingerprint density at radius 1 is 1.29 bits per heavy atom. The van der Waals surface area contributed by atoms with E-state index in [2.05, 4.69) is 32.7 Å². The highest BCUT2D eigenvalue weighted by atomic mass is 16.2. The number of nitrogens with zero attached hydrogens (tertiary/aromatic N) is 1. The van der Waals surface area contributed by atoms with Crippen LogP contribution >= 0.6 is 0 Å². The zero-order valence-electron chi connectivity index (χ0n) is 16.0. The molecule has 1 aliphatic heterocycles. The molecule has 1 aliphatic rings. The Morgan fingerprint density at radius 2 is 2.00 bits per heavy atom. The van der Waals surface area contributed by atoms with Gasteiger partial charge in [-0.05, 0) is 57.3 Å². The molecule has 1 N–H and O–H groups in total. The third-order valence-electron chi connectivity index (χ3n) is 5.07. The Balaban J connectivity index is 2.50. The molecule has 138 valence electrons. The average molecular weight is 337 g/mol. The fraction of sp³-hybridized carbons (Fsp3) is 0.800. The Kier molecular flexibility index (Phi) is 9.09. The monoisotopic (exact) mass is 336 g/mol. The second-order valence-corrected chi connectivity index (χ2v) is 7.58. The van der Waals surface area contributed by atoms with Gasteiger partial charge in [-0.15, -0.1) is 6.58 Å². The molecule has 1 fully saturated rings. The van der Waals surface area contributed by atoms with Gasteiger partial charge in [0.2, 0.25) is 11.8 Å². The summed E-state index contributed by atoms with van der Waals surface area (Å²) in [6, 6.07) is -0.100. The van der Waals surface area contributed by atoms with Crippen molar-refractivity contribution < 1.29 is 9.59 Å². The van der Waals surface area contributed by atoms with Gasteiger partial charge in [0.1, 0.15) is 6.04 Å². The summed E-state index contributed by atoms with van der Waals surface area (Å²) in [4.78, 5) is 26.9. The highest BCUT2D eigenvalue weighted by Gasteiger charge is 2.34. The normalized spacial score (nSPS) is 21.2. The van der Waals surface area contributed by atoms with E-state index >= 15 is 0 Å². The van der Waals surface area contributed by atoms with E-state index in [1.807, 2.05) is 17.9 Å². The quantitative estimate of drug-likeness (QED) is 0.615. The zero-order valence-corrected chi connectivity index (χ0v) is 16.0. The van der Waals surface area contributed by atoms with Crippen LogP contribution in [-0.4, -0.2) is 35.3 Å². The predicted octanol–water partition coefficient (Wildman–Crippen LogP) is 3.91. The largest absolute Gasteiger partial charge is 0.352 e. The number of amides is 2. The molecule has 0 aromatic carbocycles. The van der Waals surface area contributed by atoms with E-state index < -0.39 is 0 Å². The van der Waals surface area contributed by atoms with E-state index in [1.165, 1.54) is 0 Å². The predicted molar refractivity (Wildman–Crippen MR) is 99.6 cm³/mol. The van der Waals surface area contributed by atoms with Gasteiger partial charge in [0.25, 0.3) is 0 Å². The number of carbonyl (C=O) groups excluding carboxylic acids is 2. The molecule has 0 aromatic heterocycles. The van der Waals surface area contributed by atoms with Gasteiger partial charge in [-0.25, -0.2) is 0 Å². The molecular weight excluding hydrogens is 300 g/mol. The number of allylic oxidation sites excluding steroid dienone is 1. The number of nitrogens with one attached hydrogen (secondary N) is 1. The van der Waals surface area contributed by atoms with Crippen molar-refractivity contribution >= 4 is 11.8 Å². The zero-order chi connectivity index (χ0) is 18.1. The van der Waals surface area contributed by atoms with Crippen molar-refractivity contribution in [2.45, 2.75) is 84.7 Å². The Morgan fingerprint density at radius 3 is 2.62 bits per heavy atom. The SMILES string of the molecule is C=CCCC(C)CC(C)CC(=O)N1CCCC1C(=O)NC(C)CC. The van der Waals surface area contributed by atoms with Crippen molar-refractivity contribution in [1.82, 2.24) is 10.2 Å². The van der Waals surface area contributed by atoms with Crippen molar-refractivity contribution in [2.75, 3.05) is 6.54 Å². The first-order valence-corrected chi connectivity index (χ1v) is 9.59. The van der Waals surface area contributed by atoms with E-state index in [0.29, 0.717) is 18.3 Å². The number of rotatable bonds is 10. The van der Waals surface area contributed by atoms with E-state index in [9.17, 15) is 9.59 Å². The molecule has 4 nitrogen and oxygen atoms in total. The van der Waals surface area contributed by atoms with Crippen LogP contribution in [-0.2, 0) is 9.59 Å². The Hall–Kier alpha value is -1.32. The van der Waals surface area contributed by atoms with Crippen LogP contribution in [0.5, 0.6) is 0 Å². The molecule has 4 unspecified atom stereocenters. The summed E-state index contributed by atoms with van der Waals surface area (Å²) < 4.78 is 0. The van der Waals surface area contributed by atoms with Crippen LogP contribution in [0.15, 0.2) is 12.7 Å². The van der Waals surface area contributed by atoms with Gasteiger partial charge in [-0.2, -0.15) is 0 Å². The lowest BCUT2D eigenvalue weighted by molar-refractivity contribution is -0.139.